The number of aromatic nitrogens is 1. The van der Waals surface area contributed by atoms with Crippen molar-refractivity contribution < 1.29 is 22.7 Å². The van der Waals surface area contributed by atoms with E-state index in [0.717, 1.165) is 27.5 Å². The van der Waals surface area contributed by atoms with E-state index in [1.165, 1.54) is 39.9 Å². The molecule has 3 aromatic rings. The molecule has 11 heteroatoms. The fraction of sp³-hybridized carbons (Fsp3) is 0.318. The number of carbonyl (C=O) groups excluding carboxylic acids is 2. The zero-order chi connectivity index (χ0) is 23.6. The van der Waals surface area contributed by atoms with Gasteiger partial charge in [-0.15, -0.1) is 0 Å². The summed E-state index contributed by atoms with van der Waals surface area (Å²) in [5.41, 5.74) is 1.02. The highest BCUT2D eigenvalue weighted by atomic mass is 79.9. The van der Waals surface area contributed by atoms with Crippen LogP contribution in [-0.4, -0.2) is 48.9 Å². The van der Waals surface area contributed by atoms with Gasteiger partial charge in [0.25, 0.3) is 5.91 Å². The molecular formula is C22H22BrN3O5S2. The van der Waals surface area contributed by atoms with Crippen LogP contribution in [0.25, 0.3) is 10.2 Å². The average Bonchev–Trinajstić information content (AvgIpc) is 3.43. The summed E-state index contributed by atoms with van der Waals surface area (Å²) in [7, 11) is -3.55. The van der Waals surface area contributed by atoms with Gasteiger partial charge in [0.2, 0.25) is 10.0 Å². The lowest BCUT2D eigenvalue weighted by Gasteiger charge is -2.15. The van der Waals surface area contributed by atoms with Crippen LogP contribution in [0.1, 0.15) is 30.1 Å². The van der Waals surface area contributed by atoms with Crippen molar-refractivity contribution in [1.82, 2.24) is 8.87 Å². The molecule has 1 aromatic heterocycles. The fourth-order valence-electron chi connectivity index (χ4n) is 3.62. The summed E-state index contributed by atoms with van der Waals surface area (Å²) in [6.45, 7) is 2.94. The van der Waals surface area contributed by atoms with Gasteiger partial charge in [-0.1, -0.05) is 27.3 Å². The SMILES string of the molecule is CCOC(=O)Cn1c(=NC(=O)c2ccc(S(=O)(=O)N3CCCC3)cc2)sc2cc(Br)ccc21. The van der Waals surface area contributed by atoms with Crippen LogP contribution in [-0.2, 0) is 26.1 Å². The first kappa shape index (κ1) is 23.8. The van der Waals surface area contributed by atoms with Gasteiger partial charge in [-0.05, 0) is 62.2 Å². The number of nitrogens with zero attached hydrogens (tertiary/aromatic N) is 3. The molecule has 2 heterocycles. The minimum atomic E-state index is -3.55. The lowest BCUT2D eigenvalue weighted by atomic mass is 10.2. The number of ether oxygens (including phenoxy) is 1. The lowest BCUT2D eigenvalue weighted by Crippen LogP contribution is -2.27. The number of thiazole rings is 1. The highest BCUT2D eigenvalue weighted by Gasteiger charge is 2.27. The van der Waals surface area contributed by atoms with Crippen LogP contribution in [0, 0.1) is 0 Å². The third-order valence-corrected chi connectivity index (χ3v) is 8.69. The van der Waals surface area contributed by atoms with Gasteiger partial charge in [-0.3, -0.25) is 9.59 Å². The Bertz CT molecular complexity index is 1370. The number of hydrogen-bond acceptors (Lipinski definition) is 6. The van der Waals surface area contributed by atoms with Crippen molar-refractivity contribution in [2.45, 2.75) is 31.2 Å². The largest absolute Gasteiger partial charge is 0.465 e. The molecule has 0 saturated carbocycles. The first-order chi connectivity index (χ1) is 15.8. The Balaban J connectivity index is 1.67. The number of carbonyl (C=O) groups is 2. The molecule has 1 aliphatic rings. The minimum absolute atomic E-state index is 0.0748. The number of rotatable bonds is 6. The van der Waals surface area contributed by atoms with Crippen molar-refractivity contribution in [2.24, 2.45) is 4.99 Å². The Labute approximate surface area is 203 Å². The third kappa shape index (κ3) is 5.11. The Morgan fingerprint density at radius 2 is 1.82 bits per heavy atom. The van der Waals surface area contributed by atoms with E-state index in [1.807, 2.05) is 18.2 Å². The van der Waals surface area contributed by atoms with Gasteiger partial charge in [0.05, 0.1) is 21.7 Å². The van der Waals surface area contributed by atoms with Crippen LogP contribution < -0.4 is 4.80 Å². The second kappa shape index (κ2) is 9.88. The van der Waals surface area contributed by atoms with Crippen molar-refractivity contribution in [3.05, 3.63) is 57.3 Å². The van der Waals surface area contributed by atoms with E-state index < -0.39 is 21.9 Å². The summed E-state index contributed by atoms with van der Waals surface area (Å²) in [6.07, 6.45) is 1.71. The number of sulfonamides is 1. The van der Waals surface area contributed by atoms with Gasteiger partial charge in [0, 0.05) is 23.1 Å². The Hall–Kier alpha value is -2.34. The molecule has 1 saturated heterocycles. The Morgan fingerprint density at radius 1 is 1.12 bits per heavy atom. The number of fused-ring (bicyclic) bond motifs is 1. The van der Waals surface area contributed by atoms with E-state index in [4.69, 9.17) is 4.74 Å². The molecule has 0 unspecified atom stereocenters. The van der Waals surface area contributed by atoms with Gasteiger partial charge in [0.1, 0.15) is 6.54 Å². The number of halogens is 1. The number of benzene rings is 2. The molecular weight excluding hydrogens is 530 g/mol. The molecule has 4 rings (SSSR count). The predicted octanol–water partition coefficient (Wildman–Crippen LogP) is 3.55. The van der Waals surface area contributed by atoms with Crippen molar-refractivity contribution >= 4 is 59.4 Å². The molecule has 1 fully saturated rings. The maximum Gasteiger partial charge on any atom is 0.326 e. The van der Waals surface area contributed by atoms with Crippen molar-refractivity contribution in [2.75, 3.05) is 19.7 Å². The van der Waals surface area contributed by atoms with Crippen LogP contribution in [0.4, 0.5) is 0 Å². The van der Waals surface area contributed by atoms with E-state index in [-0.39, 0.29) is 23.6 Å². The lowest BCUT2D eigenvalue weighted by molar-refractivity contribution is -0.143. The summed E-state index contributed by atoms with van der Waals surface area (Å²) in [4.78, 5) is 29.8. The molecule has 2 aromatic carbocycles. The zero-order valence-electron chi connectivity index (χ0n) is 17.9. The zero-order valence-corrected chi connectivity index (χ0v) is 21.1. The van der Waals surface area contributed by atoms with Crippen LogP contribution in [0.2, 0.25) is 0 Å². The Kier molecular flexibility index (Phi) is 7.13. The molecule has 0 bridgehead atoms. The molecule has 1 amide bonds. The molecule has 0 spiro atoms. The topological polar surface area (TPSA) is 98.0 Å². The second-order valence-electron chi connectivity index (χ2n) is 7.44. The van der Waals surface area contributed by atoms with Crippen molar-refractivity contribution in [3.8, 4) is 0 Å². The van der Waals surface area contributed by atoms with Crippen LogP contribution >= 0.6 is 27.3 Å². The fourth-order valence-corrected chi connectivity index (χ4v) is 6.72. The minimum Gasteiger partial charge on any atom is -0.465 e. The van der Waals surface area contributed by atoms with Gasteiger partial charge < -0.3 is 9.30 Å². The molecule has 0 aliphatic carbocycles. The number of hydrogen-bond donors (Lipinski definition) is 0. The highest BCUT2D eigenvalue weighted by molar-refractivity contribution is 9.10. The summed E-state index contributed by atoms with van der Waals surface area (Å²) < 4.78 is 35.3. The number of esters is 1. The van der Waals surface area contributed by atoms with E-state index in [0.29, 0.717) is 17.9 Å². The second-order valence-corrected chi connectivity index (χ2v) is 11.3. The molecule has 174 valence electrons. The van der Waals surface area contributed by atoms with E-state index >= 15 is 0 Å². The quantitative estimate of drug-likeness (QED) is 0.436. The Morgan fingerprint density at radius 3 is 2.48 bits per heavy atom. The van der Waals surface area contributed by atoms with Crippen molar-refractivity contribution in [1.29, 1.82) is 0 Å². The van der Waals surface area contributed by atoms with Crippen LogP contribution in [0.15, 0.2) is 56.8 Å². The normalized spacial score (nSPS) is 15.3. The number of amides is 1. The van der Waals surface area contributed by atoms with Crippen LogP contribution in [0.3, 0.4) is 0 Å². The predicted molar refractivity (Wildman–Crippen MR) is 128 cm³/mol. The summed E-state index contributed by atoms with van der Waals surface area (Å²) in [5.74, 6) is -0.950. The van der Waals surface area contributed by atoms with Crippen LogP contribution in [0.5, 0.6) is 0 Å². The summed E-state index contributed by atoms with van der Waals surface area (Å²) in [6, 6.07) is 11.4. The molecule has 1 aliphatic heterocycles. The van der Waals surface area contributed by atoms with E-state index in [2.05, 4.69) is 20.9 Å². The molecule has 0 radical (unpaired) electrons. The average molecular weight is 552 g/mol. The third-order valence-electron chi connectivity index (χ3n) is 5.24. The van der Waals surface area contributed by atoms with Gasteiger partial charge >= 0.3 is 5.97 Å². The van der Waals surface area contributed by atoms with Gasteiger partial charge in [-0.25, -0.2) is 8.42 Å². The smallest absolute Gasteiger partial charge is 0.326 e. The monoisotopic (exact) mass is 551 g/mol. The maximum absolute atomic E-state index is 12.9. The van der Waals surface area contributed by atoms with E-state index in [1.54, 1.807) is 11.5 Å². The molecule has 0 N–H and O–H groups in total. The van der Waals surface area contributed by atoms with Gasteiger partial charge in [0.15, 0.2) is 4.80 Å². The molecule has 8 nitrogen and oxygen atoms in total. The molecule has 0 atom stereocenters. The highest BCUT2D eigenvalue weighted by Crippen LogP contribution is 2.23. The summed E-state index contributed by atoms with van der Waals surface area (Å²) >= 11 is 4.71. The maximum atomic E-state index is 12.9. The molecule has 33 heavy (non-hydrogen) atoms. The summed E-state index contributed by atoms with van der Waals surface area (Å²) in [5, 5.41) is 0. The first-order valence-electron chi connectivity index (χ1n) is 10.4. The standard InChI is InChI=1S/C22H22BrN3O5S2/c1-2-31-20(27)14-26-18-10-7-16(23)13-19(18)32-22(26)24-21(28)15-5-8-17(9-6-15)33(29,30)25-11-3-4-12-25/h5-10,13H,2-4,11-12,14H2,1H3. The van der Waals surface area contributed by atoms with Gasteiger partial charge in [-0.2, -0.15) is 9.30 Å². The first-order valence-corrected chi connectivity index (χ1v) is 13.5. The van der Waals surface area contributed by atoms with Crippen molar-refractivity contribution in [3.63, 3.8) is 0 Å². The van der Waals surface area contributed by atoms with E-state index in [9.17, 15) is 18.0 Å².